The Bertz CT molecular complexity index is 506. The van der Waals surface area contributed by atoms with E-state index in [1.165, 1.54) is 0 Å². The number of azide groups is 1. The molecule has 0 aliphatic rings. The van der Waals surface area contributed by atoms with E-state index in [1.807, 2.05) is 30.3 Å². The molecule has 0 fully saturated rings. The number of hydrogen-bond donors (Lipinski definition) is 0. The van der Waals surface area contributed by atoms with E-state index >= 15 is 0 Å². The van der Waals surface area contributed by atoms with Crippen molar-refractivity contribution in [3.8, 4) is 0 Å². The van der Waals surface area contributed by atoms with Crippen LogP contribution in [0.15, 0.2) is 35.4 Å². The number of nitrogens with zero attached hydrogens (tertiary/aromatic N) is 4. The number of benzene rings is 1. The van der Waals surface area contributed by atoms with Crippen LogP contribution in [0.4, 0.5) is 0 Å². The number of hydrogen-bond acceptors (Lipinski definition) is 2. The molecule has 0 saturated carbocycles. The SMILES string of the molecule is [N-]=[N+]=NCc1[c-]nc2ccccc2c1.[Y]. The molecule has 1 aromatic carbocycles. The first kappa shape index (κ1) is 12.1. The Morgan fingerprint density at radius 2 is 2.20 bits per heavy atom. The smallest absolute Gasteiger partial charge is 0.0298 e. The van der Waals surface area contributed by atoms with Crippen LogP contribution in [0.3, 0.4) is 0 Å². The predicted molar refractivity (Wildman–Crippen MR) is 53.4 cm³/mol. The number of aromatic nitrogens is 1. The Hall–Kier alpha value is -0.956. The fourth-order valence-electron chi connectivity index (χ4n) is 1.25. The Morgan fingerprint density at radius 1 is 1.40 bits per heavy atom. The molecule has 1 heterocycles. The maximum Gasteiger partial charge on any atom is 0.0298 e. The Balaban J connectivity index is 0.00000112. The van der Waals surface area contributed by atoms with E-state index in [-0.39, 0.29) is 32.7 Å². The van der Waals surface area contributed by atoms with Crippen molar-refractivity contribution in [1.29, 1.82) is 0 Å². The molecule has 2 rings (SSSR count). The molecule has 1 aromatic heterocycles. The first-order chi connectivity index (χ1) is 6.90. The van der Waals surface area contributed by atoms with Crippen molar-refractivity contribution >= 4 is 10.9 Å². The summed E-state index contributed by atoms with van der Waals surface area (Å²) in [5.74, 6) is 0. The summed E-state index contributed by atoms with van der Waals surface area (Å²) in [5, 5.41) is 4.49. The first-order valence-electron chi connectivity index (χ1n) is 4.17. The largest absolute Gasteiger partial charge is 0.386 e. The monoisotopic (exact) mass is 272 g/mol. The van der Waals surface area contributed by atoms with Gasteiger partial charge in [-0.1, -0.05) is 35.6 Å². The Morgan fingerprint density at radius 3 is 3.00 bits per heavy atom. The summed E-state index contributed by atoms with van der Waals surface area (Å²) < 4.78 is 0. The van der Waals surface area contributed by atoms with Crippen molar-refractivity contribution in [2.45, 2.75) is 6.54 Å². The van der Waals surface area contributed by atoms with Crippen LogP contribution < -0.4 is 0 Å². The fraction of sp³-hybridized carbons (Fsp3) is 0.100. The van der Waals surface area contributed by atoms with E-state index < -0.39 is 0 Å². The van der Waals surface area contributed by atoms with Gasteiger partial charge in [-0.05, 0) is 11.0 Å². The molecule has 4 nitrogen and oxygen atoms in total. The van der Waals surface area contributed by atoms with Gasteiger partial charge in [-0.15, -0.1) is 10.9 Å². The molecular formula is C10H7N4Y-. The molecule has 0 saturated heterocycles. The van der Waals surface area contributed by atoms with Gasteiger partial charge in [-0.3, -0.25) is 0 Å². The van der Waals surface area contributed by atoms with Crippen molar-refractivity contribution in [2.75, 3.05) is 0 Å². The molecule has 2 aromatic rings. The predicted octanol–water partition coefficient (Wildman–Crippen LogP) is 2.84. The topological polar surface area (TPSA) is 61.7 Å². The quantitative estimate of drug-likeness (QED) is 0.359. The third kappa shape index (κ3) is 3.00. The van der Waals surface area contributed by atoms with Gasteiger partial charge in [-0.2, -0.15) is 6.07 Å². The van der Waals surface area contributed by atoms with Gasteiger partial charge in [-0.25, -0.2) is 0 Å². The summed E-state index contributed by atoms with van der Waals surface area (Å²) in [6.07, 6.45) is 2.83. The molecule has 15 heavy (non-hydrogen) atoms. The van der Waals surface area contributed by atoms with E-state index in [9.17, 15) is 0 Å². The van der Waals surface area contributed by atoms with Crippen LogP contribution in [0.2, 0.25) is 0 Å². The Labute approximate surface area is 112 Å². The number of pyridine rings is 1. The van der Waals surface area contributed by atoms with Crippen molar-refractivity contribution in [1.82, 2.24) is 4.98 Å². The standard InChI is InChI=1S/C10H7N4.Y/c11-14-13-7-8-5-9-3-1-2-4-10(9)12-6-8;/h1-5H,7H2;/q-1;. The van der Waals surface area contributed by atoms with Gasteiger partial charge in [0.15, 0.2) is 0 Å². The third-order valence-electron chi connectivity index (χ3n) is 1.89. The maximum atomic E-state index is 8.16. The zero-order valence-electron chi connectivity index (χ0n) is 7.96. The zero-order valence-corrected chi connectivity index (χ0v) is 10.8. The molecule has 0 atom stereocenters. The second kappa shape index (κ2) is 5.81. The van der Waals surface area contributed by atoms with Gasteiger partial charge in [0.2, 0.25) is 0 Å². The molecular weight excluding hydrogens is 265 g/mol. The van der Waals surface area contributed by atoms with Crippen LogP contribution in [0, 0.1) is 6.20 Å². The summed E-state index contributed by atoms with van der Waals surface area (Å²) in [7, 11) is 0. The molecule has 0 spiro atoms. The van der Waals surface area contributed by atoms with Crippen molar-refractivity contribution in [3.63, 3.8) is 0 Å². The van der Waals surface area contributed by atoms with Crippen LogP contribution in [0.1, 0.15) is 5.56 Å². The maximum absolute atomic E-state index is 8.16. The molecule has 1 radical (unpaired) electrons. The molecule has 0 aliphatic heterocycles. The van der Waals surface area contributed by atoms with Crippen molar-refractivity contribution in [3.05, 3.63) is 52.5 Å². The first-order valence-corrected chi connectivity index (χ1v) is 4.17. The van der Waals surface area contributed by atoms with Crippen LogP contribution >= 0.6 is 0 Å². The third-order valence-corrected chi connectivity index (χ3v) is 1.89. The molecule has 0 bridgehead atoms. The van der Waals surface area contributed by atoms with E-state index in [0.29, 0.717) is 6.54 Å². The van der Waals surface area contributed by atoms with Gasteiger partial charge in [0, 0.05) is 44.2 Å². The zero-order chi connectivity index (χ0) is 9.80. The minimum atomic E-state index is 0. The molecule has 71 valence electrons. The summed E-state index contributed by atoms with van der Waals surface area (Å²) >= 11 is 0. The van der Waals surface area contributed by atoms with Gasteiger partial charge in [0.25, 0.3) is 0 Å². The summed E-state index contributed by atoms with van der Waals surface area (Å²) in [4.78, 5) is 6.81. The van der Waals surface area contributed by atoms with Gasteiger partial charge < -0.3 is 4.98 Å². The second-order valence-electron chi connectivity index (χ2n) is 2.84. The van der Waals surface area contributed by atoms with E-state index in [1.54, 1.807) is 0 Å². The van der Waals surface area contributed by atoms with Crippen LogP contribution in [-0.2, 0) is 39.3 Å². The molecule has 5 heteroatoms. The van der Waals surface area contributed by atoms with Gasteiger partial charge >= 0.3 is 0 Å². The molecule has 0 aliphatic carbocycles. The summed E-state index contributed by atoms with van der Waals surface area (Å²) in [5.41, 5.74) is 9.87. The van der Waals surface area contributed by atoms with Gasteiger partial charge in [0.1, 0.15) is 0 Å². The summed E-state index contributed by atoms with van der Waals surface area (Å²) in [6, 6.07) is 9.69. The summed E-state index contributed by atoms with van der Waals surface area (Å²) in [6.45, 7) is 0.300. The minimum Gasteiger partial charge on any atom is -0.386 e. The molecule has 0 N–H and O–H groups in total. The van der Waals surface area contributed by atoms with E-state index in [0.717, 1.165) is 16.5 Å². The average Bonchev–Trinajstić information content (AvgIpc) is 2.26. The number of para-hydroxylation sites is 1. The van der Waals surface area contributed by atoms with Crippen molar-refractivity contribution < 1.29 is 32.7 Å². The normalized spacial score (nSPS) is 9.07. The molecule has 0 amide bonds. The second-order valence-corrected chi connectivity index (χ2v) is 2.84. The average molecular weight is 272 g/mol. The Kier molecular flexibility index (Phi) is 4.69. The van der Waals surface area contributed by atoms with Crippen LogP contribution in [0.5, 0.6) is 0 Å². The van der Waals surface area contributed by atoms with E-state index in [2.05, 4.69) is 21.2 Å². The van der Waals surface area contributed by atoms with Gasteiger partial charge in [0.05, 0.1) is 0 Å². The van der Waals surface area contributed by atoms with Crippen LogP contribution in [0.25, 0.3) is 21.3 Å². The minimum absolute atomic E-state index is 0. The number of fused-ring (bicyclic) bond motifs is 1. The molecule has 0 unspecified atom stereocenters. The van der Waals surface area contributed by atoms with Crippen LogP contribution in [-0.4, -0.2) is 4.98 Å². The van der Waals surface area contributed by atoms with Crippen molar-refractivity contribution in [2.24, 2.45) is 5.11 Å². The number of rotatable bonds is 2. The van der Waals surface area contributed by atoms with E-state index in [4.69, 9.17) is 5.53 Å². The fourth-order valence-corrected chi connectivity index (χ4v) is 1.25.